The lowest BCUT2D eigenvalue weighted by molar-refractivity contribution is 0.264. The fourth-order valence-electron chi connectivity index (χ4n) is 2.30. The molecule has 0 radical (unpaired) electrons. The van der Waals surface area contributed by atoms with Crippen molar-refractivity contribution in [2.75, 3.05) is 13.2 Å². The highest BCUT2D eigenvalue weighted by Gasteiger charge is 2.25. The van der Waals surface area contributed by atoms with Gasteiger partial charge in [0.1, 0.15) is 29.6 Å². The zero-order valence-corrected chi connectivity index (χ0v) is 14.0. The fourth-order valence-corrected chi connectivity index (χ4v) is 2.76. The molecule has 0 N–H and O–H groups in total. The number of ether oxygens (including phenoxy) is 2. The minimum atomic E-state index is -0.696. The van der Waals surface area contributed by atoms with Gasteiger partial charge in [-0.1, -0.05) is 29.3 Å². The van der Waals surface area contributed by atoms with Crippen LogP contribution in [0.1, 0.15) is 12.0 Å². The van der Waals surface area contributed by atoms with E-state index in [1.165, 1.54) is 18.2 Å². The number of benzene rings is 2. The third-order valence-electron chi connectivity index (χ3n) is 3.49. The molecule has 1 aliphatic rings. The van der Waals surface area contributed by atoms with Gasteiger partial charge in [0.15, 0.2) is 0 Å². The summed E-state index contributed by atoms with van der Waals surface area (Å²) in [5.74, 6) is -0.887. The van der Waals surface area contributed by atoms with Crippen molar-refractivity contribution >= 4 is 29.1 Å². The normalized spacial score (nSPS) is 16.7. The van der Waals surface area contributed by atoms with Crippen molar-refractivity contribution in [3.8, 4) is 5.75 Å². The third-order valence-corrected chi connectivity index (χ3v) is 4.02. The number of rotatable bonds is 5. The summed E-state index contributed by atoms with van der Waals surface area (Å²) < 4.78 is 38.4. The molecule has 1 heterocycles. The second-order valence-corrected chi connectivity index (χ2v) is 6.05. The predicted molar refractivity (Wildman–Crippen MR) is 89.2 cm³/mol. The van der Waals surface area contributed by atoms with Crippen molar-refractivity contribution in [2.24, 2.45) is 4.99 Å². The van der Waals surface area contributed by atoms with E-state index in [4.69, 9.17) is 32.7 Å². The number of hydrogen-bond donors (Lipinski definition) is 0. The van der Waals surface area contributed by atoms with E-state index in [0.29, 0.717) is 28.8 Å². The van der Waals surface area contributed by atoms with Crippen molar-refractivity contribution in [3.05, 3.63) is 63.6 Å². The average Bonchev–Trinajstić information content (AvgIpc) is 2.98. The molecule has 126 valence electrons. The smallest absolute Gasteiger partial charge is 0.222 e. The minimum absolute atomic E-state index is 0.0138. The predicted octanol–water partition coefficient (Wildman–Crippen LogP) is 4.89. The van der Waals surface area contributed by atoms with Crippen molar-refractivity contribution in [2.45, 2.75) is 12.5 Å². The standard InChI is InChI=1S/C17H13Cl2F2NO2/c18-10-4-5-15(12(19)8-10)23-7-6-11-9-24-17(22-11)16-13(20)2-1-3-14(16)21/h1-5,8,11H,6-7,9H2. The Labute approximate surface area is 147 Å². The molecule has 0 bridgehead atoms. The van der Waals surface area contributed by atoms with E-state index in [-0.39, 0.29) is 24.1 Å². The highest BCUT2D eigenvalue weighted by atomic mass is 35.5. The first-order valence-electron chi connectivity index (χ1n) is 7.27. The molecule has 2 aromatic carbocycles. The van der Waals surface area contributed by atoms with E-state index >= 15 is 0 Å². The van der Waals surface area contributed by atoms with Crippen molar-refractivity contribution in [1.82, 2.24) is 0 Å². The molecule has 0 aliphatic carbocycles. The molecule has 0 saturated heterocycles. The number of halogens is 4. The molecule has 0 spiro atoms. The summed E-state index contributed by atoms with van der Waals surface area (Å²) in [4.78, 5) is 4.23. The Kier molecular flexibility index (Phi) is 5.21. The summed E-state index contributed by atoms with van der Waals surface area (Å²) in [7, 11) is 0. The van der Waals surface area contributed by atoms with Gasteiger partial charge in [-0.15, -0.1) is 0 Å². The quantitative estimate of drug-likeness (QED) is 0.749. The van der Waals surface area contributed by atoms with E-state index in [1.54, 1.807) is 18.2 Å². The van der Waals surface area contributed by atoms with Gasteiger partial charge in [-0.3, -0.25) is 0 Å². The molecule has 3 rings (SSSR count). The zero-order chi connectivity index (χ0) is 17.1. The van der Waals surface area contributed by atoms with E-state index < -0.39 is 11.6 Å². The Morgan fingerprint density at radius 3 is 2.62 bits per heavy atom. The maximum Gasteiger partial charge on any atom is 0.222 e. The van der Waals surface area contributed by atoms with Crippen LogP contribution >= 0.6 is 23.2 Å². The summed E-state index contributed by atoms with van der Waals surface area (Å²) in [6, 6.07) is 8.36. The van der Waals surface area contributed by atoms with Gasteiger partial charge in [0.05, 0.1) is 17.7 Å². The van der Waals surface area contributed by atoms with Gasteiger partial charge >= 0.3 is 0 Å². The minimum Gasteiger partial charge on any atom is -0.492 e. The molecule has 1 unspecified atom stereocenters. The van der Waals surface area contributed by atoms with Crippen molar-refractivity contribution in [1.29, 1.82) is 0 Å². The molecule has 0 aromatic heterocycles. The Morgan fingerprint density at radius 1 is 1.17 bits per heavy atom. The summed E-state index contributed by atoms with van der Waals surface area (Å²) in [6.07, 6.45) is 0.526. The largest absolute Gasteiger partial charge is 0.492 e. The monoisotopic (exact) mass is 371 g/mol. The molecule has 3 nitrogen and oxygen atoms in total. The van der Waals surface area contributed by atoms with Crippen LogP contribution in [0.4, 0.5) is 8.78 Å². The molecule has 2 aromatic rings. The van der Waals surface area contributed by atoms with Gasteiger partial charge in [-0.05, 0) is 30.3 Å². The lowest BCUT2D eigenvalue weighted by atomic mass is 10.2. The Morgan fingerprint density at radius 2 is 1.92 bits per heavy atom. The molecule has 1 atom stereocenters. The summed E-state index contributed by atoms with van der Waals surface area (Å²) in [6.45, 7) is 0.590. The molecule has 0 amide bonds. The molecular weight excluding hydrogens is 359 g/mol. The van der Waals surface area contributed by atoms with Crippen molar-refractivity contribution < 1.29 is 18.3 Å². The van der Waals surface area contributed by atoms with Crippen LogP contribution < -0.4 is 4.74 Å². The summed E-state index contributed by atoms with van der Waals surface area (Å²) in [5.41, 5.74) is -0.235. The first kappa shape index (κ1) is 17.0. The second kappa shape index (κ2) is 7.36. The van der Waals surface area contributed by atoms with E-state index in [0.717, 1.165) is 0 Å². The fraction of sp³-hybridized carbons (Fsp3) is 0.235. The van der Waals surface area contributed by atoms with E-state index in [9.17, 15) is 8.78 Å². The lowest BCUT2D eigenvalue weighted by Crippen LogP contribution is -2.11. The number of nitrogens with zero attached hydrogens (tertiary/aromatic N) is 1. The van der Waals surface area contributed by atoms with Crippen molar-refractivity contribution in [3.63, 3.8) is 0 Å². The van der Waals surface area contributed by atoms with Crippen LogP contribution in [-0.4, -0.2) is 25.2 Å². The Bertz CT molecular complexity index is 763. The first-order chi connectivity index (χ1) is 11.5. The number of aliphatic imine (C=N–C) groups is 1. The molecule has 7 heteroatoms. The molecule has 24 heavy (non-hydrogen) atoms. The molecular formula is C17H13Cl2F2NO2. The second-order valence-electron chi connectivity index (χ2n) is 5.21. The lowest BCUT2D eigenvalue weighted by Gasteiger charge is -2.09. The Balaban J connectivity index is 1.60. The summed E-state index contributed by atoms with van der Waals surface area (Å²) >= 11 is 11.8. The maximum absolute atomic E-state index is 13.7. The maximum atomic E-state index is 13.7. The number of hydrogen-bond acceptors (Lipinski definition) is 3. The van der Waals surface area contributed by atoms with Crippen LogP contribution in [0.25, 0.3) is 0 Å². The van der Waals surface area contributed by atoms with Crippen LogP contribution in [0.3, 0.4) is 0 Å². The molecule has 1 aliphatic heterocycles. The van der Waals surface area contributed by atoms with Gasteiger partial charge < -0.3 is 9.47 Å². The van der Waals surface area contributed by atoms with Crippen LogP contribution in [-0.2, 0) is 4.74 Å². The summed E-state index contributed by atoms with van der Waals surface area (Å²) in [5, 5.41) is 0.945. The highest BCUT2D eigenvalue weighted by molar-refractivity contribution is 6.35. The van der Waals surface area contributed by atoms with Crippen LogP contribution in [0, 0.1) is 11.6 Å². The van der Waals surface area contributed by atoms with Gasteiger partial charge in [0.25, 0.3) is 0 Å². The van der Waals surface area contributed by atoms with Gasteiger partial charge in [0, 0.05) is 11.4 Å². The van der Waals surface area contributed by atoms with Gasteiger partial charge in [-0.25, -0.2) is 13.8 Å². The highest BCUT2D eigenvalue weighted by Crippen LogP contribution is 2.28. The average molecular weight is 372 g/mol. The van der Waals surface area contributed by atoms with Gasteiger partial charge in [0.2, 0.25) is 5.90 Å². The van der Waals surface area contributed by atoms with E-state index in [2.05, 4.69) is 4.99 Å². The SMILES string of the molecule is Fc1cccc(F)c1C1=NC(CCOc2ccc(Cl)cc2Cl)CO1. The third kappa shape index (κ3) is 3.79. The first-order valence-corrected chi connectivity index (χ1v) is 8.03. The topological polar surface area (TPSA) is 30.8 Å². The van der Waals surface area contributed by atoms with Crippen LogP contribution in [0.5, 0.6) is 5.75 Å². The molecule has 0 fully saturated rings. The molecule has 0 saturated carbocycles. The Hall–Kier alpha value is -1.85. The van der Waals surface area contributed by atoms with E-state index in [1.807, 2.05) is 0 Å². The van der Waals surface area contributed by atoms with Crippen LogP contribution in [0.2, 0.25) is 10.0 Å². The zero-order valence-electron chi connectivity index (χ0n) is 12.4. The van der Waals surface area contributed by atoms with Gasteiger partial charge in [-0.2, -0.15) is 0 Å². The van der Waals surface area contributed by atoms with Crippen LogP contribution in [0.15, 0.2) is 41.4 Å².